The maximum absolute atomic E-state index is 12.9. The SMILES string of the molecule is COc1ccccc1NS(=O)(=O)c1cc(NC(=O)C2CCCC2)ccc1C. The van der Waals surface area contributed by atoms with Gasteiger partial charge < -0.3 is 10.1 Å². The molecule has 1 aliphatic carbocycles. The molecule has 0 bridgehead atoms. The Balaban J connectivity index is 1.85. The lowest BCUT2D eigenvalue weighted by molar-refractivity contribution is -0.119. The van der Waals surface area contributed by atoms with Crippen LogP contribution in [0.3, 0.4) is 0 Å². The van der Waals surface area contributed by atoms with Crippen LogP contribution in [0.4, 0.5) is 11.4 Å². The third-order valence-corrected chi connectivity index (χ3v) is 6.33. The van der Waals surface area contributed by atoms with Crippen LogP contribution in [0.25, 0.3) is 0 Å². The summed E-state index contributed by atoms with van der Waals surface area (Å²) in [5, 5.41) is 2.85. The maximum Gasteiger partial charge on any atom is 0.262 e. The number of ether oxygens (including phenoxy) is 1. The molecular formula is C20H24N2O4S. The third-order valence-electron chi connectivity index (χ3n) is 4.82. The third kappa shape index (κ3) is 4.42. The number of aryl methyl sites for hydroxylation is 1. The first-order valence-electron chi connectivity index (χ1n) is 8.98. The lowest BCUT2D eigenvalue weighted by atomic mass is 10.1. The Hall–Kier alpha value is -2.54. The molecule has 0 saturated heterocycles. The number of carbonyl (C=O) groups is 1. The average molecular weight is 388 g/mol. The predicted octanol–water partition coefficient (Wildman–Crippen LogP) is 3.93. The van der Waals surface area contributed by atoms with Gasteiger partial charge in [0.05, 0.1) is 17.7 Å². The lowest BCUT2D eigenvalue weighted by Crippen LogP contribution is -2.21. The van der Waals surface area contributed by atoms with Gasteiger partial charge >= 0.3 is 0 Å². The molecule has 1 fully saturated rings. The van der Waals surface area contributed by atoms with Gasteiger partial charge in [-0.05, 0) is 49.6 Å². The van der Waals surface area contributed by atoms with Gasteiger partial charge in [-0.2, -0.15) is 0 Å². The van der Waals surface area contributed by atoms with Crippen LogP contribution in [-0.4, -0.2) is 21.4 Å². The molecule has 2 N–H and O–H groups in total. The second-order valence-corrected chi connectivity index (χ2v) is 8.41. The van der Waals surface area contributed by atoms with Crippen molar-refractivity contribution in [2.45, 2.75) is 37.5 Å². The van der Waals surface area contributed by atoms with E-state index in [1.54, 1.807) is 43.3 Å². The van der Waals surface area contributed by atoms with E-state index in [9.17, 15) is 13.2 Å². The van der Waals surface area contributed by atoms with E-state index in [-0.39, 0.29) is 16.7 Å². The number of hydrogen-bond acceptors (Lipinski definition) is 4. The van der Waals surface area contributed by atoms with Gasteiger partial charge in [0, 0.05) is 11.6 Å². The van der Waals surface area contributed by atoms with E-state index in [1.165, 1.54) is 13.2 Å². The monoisotopic (exact) mass is 388 g/mol. The summed E-state index contributed by atoms with van der Waals surface area (Å²) in [6.07, 6.45) is 3.90. The summed E-state index contributed by atoms with van der Waals surface area (Å²) >= 11 is 0. The smallest absolute Gasteiger partial charge is 0.262 e. The normalized spacial score (nSPS) is 14.7. The summed E-state index contributed by atoms with van der Waals surface area (Å²) < 4.78 is 33.6. The molecule has 0 aromatic heterocycles. The minimum atomic E-state index is -3.84. The minimum Gasteiger partial charge on any atom is -0.495 e. The van der Waals surface area contributed by atoms with Gasteiger partial charge in [-0.15, -0.1) is 0 Å². The number of anilines is 2. The molecule has 1 amide bonds. The fourth-order valence-electron chi connectivity index (χ4n) is 3.33. The summed E-state index contributed by atoms with van der Waals surface area (Å²) in [7, 11) is -2.35. The number of sulfonamides is 1. The van der Waals surface area contributed by atoms with Crippen LogP contribution in [-0.2, 0) is 14.8 Å². The minimum absolute atomic E-state index is 0.0121. The van der Waals surface area contributed by atoms with Gasteiger partial charge in [-0.25, -0.2) is 8.42 Å². The van der Waals surface area contributed by atoms with Crippen LogP contribution < -0.4 is 14.8 Å². The molecule has 0 aliphatic heterocycles. The van der Waals surface area contributed by atoms with Crippen LogP contribution in [0.1, 0.15) is 31.2 Å². The molecular weight excluding hydrogens is 364 g/mol. The molecule has 0 spiro atoms. The van der Waals surface area contributed by atoms with Crippen molar-refractivity contribution in [3.8, 4) is 5.75 Å². The number of rotatable bonds is 6. The zero-order valence-corrected chi connectivity index (χ0v) is 16.3. The van der Waals surface area contributed by atoms with Crippen LogP contribution in [0.15, 0.2) is 47.4 Å². The molecule has 7 heteroatoms. The van der Waals surface area contributed by atoms with Crippen molar-refractivity contribution in [1.29, 1.82) is 0 Å². The van der Waals surface area contributed by atoms with Crippen molar-refractivity contribution < 1.29 is 17.9 Å². The maximum atomic E-state index is 12.9. The Bertz CT molecular complexity index is 935. The molecule has 0 heterocycles. The highest BCUT2D eigenvalue weighted by Gasteiger charge is 2.24. The quantitative estimate of drug-likeness (QED) is 0.785. The zero-order chi connectivity index (χ0) is 19.4. The van der Waals surface area contributed by atoms with Gasteiger partial charge in [0.25, 0.3) is 10.0 Å². The summed E-state index contributed by atoms with van der Waals surface area (Å²) in [5.41, 5.74) is 1.44. The molecule has 0 radical (unpaired) electrons. The van der Waals surface area contributed by atoms with E-state index in [0.29, 0.717) is 22.7 Å². The fourth-order valence-corrected chi connectivity index (χ4v) is 4.67. The molecule has 2 aromatic carbocycles. The van der Waals surface area contributed by atoms with Gasteiger partial charge in [-0.3, -0.25) is 9.52 Å². The van der Waals surface area contributed by atoms with Crippen LogP contribution in [0.2, 0.25) is 0 Å². The molecule has 1 aliphatic rings. The highest BCUT2D eigenvalue weighted by molar-refractivity contribution is 7.92. The Morgan fingerprint density at radius 3 is 2.52 bits per heavy atom. The van der Waals surface area contributed by atoms with E-state index in [4.69, 9.17) is 4.74 Å². The van der Waals surface area contributed by atoms with E-state index < -0.39 is 10.0 Å². The average Bonchev–Trinajstić information content (AvgIpc) is 3.18. The van der Waals surface area contributed by atoms with Crippen molar-refractivity contribution in [2.24, 2.45) is 5.92 Å². The predicted molar refractivity (Wildman–Crippen MR) is 106 cm³/mol. The molecule has 3 rings (SSSR count). The van der Waals surface area contributed by atoms with Crippen molar-refractivity contribution in [2.75, 3.05) is 17.1 Å². The Morgan fingerprint density at radius 1 is 1.11 bits per heavy atom. The molecule has 0 atom stereocenters. The van der Waals surface area contributed by atoms with Crippen molar-refractivity contribution in [3.05, 3.63) is 48.0 Å². The first kappa shape index (κ1) is 19.2. The van der Waals surface area contributed by atoms with Gasteiger partial charge in [-0.1, -0.05) is 31.0 Å². The first-order chi connectivity index (χ1) is 12.9. The zero-order valence-electron chi connectivity index (χ0n) is 15.5. The molecule has 27 heavy (non-hydrogen) atoms. The molecule has 2 aromatic rings. The second-order valence-electron chi connectivity index (χ2n) is 6.76. The molecule has 0 unspecified atom stereocenters. The highest BCUT2D eigenvalue weighted by atomic mass is 32.2. The Morgan fingerprint density at radius 2 is 1.81 bits per heavy atom. The Kier molecular flexibility index (Phi) is 5.70. The number of methoxy groups -OCH3 is 1. The molecule has 1 saturated carbocycles. The summed E-state index contributed by atoms with van der Waals surface area (Å²) in [6, 6.07) is 11.7. The summed E-state index contributed by atoms with van der Waals surface area (Å²) in [5.74, 6) is 0.403. The van der Waals surface area contributed by atoms with Crippen LogP contribution >= 0.6 is 0 Å². The fraction of sp³-hybridized carbons (Fsp3) is 0.350. The van der Waals surface area contributed by atoms with E-state index in [2.05, 4.69) is 10.0 Å². The van der Waals surface area contributed by atoms with Crippen LogP contribution in [0, 0.1) is 12.8 Å². The number of nitrogens with one attached hydrogen (secondary N) is 2. The highest BCUT2D eigenvalue weighted by Crippen LogP contribution is 2.29. The Labute approximate surface area is 160 Å². The topological polar surface area (TPSA) is 84.5 Å². The molecule has 6 nitrogen and oxygen atoms in total. The number of carbonyl (C=O) groups excluding carboxylic acids is 1. The van der Waals surface area contributed by atoms with E-state index >= 15 is 0 Å². The number of hydrogen-bond donors (Lipinski definition) is 2. The summed E-state index contributed by atoms with van der Waals surface area (Å²) in [4.78, 5) is 12.5. The van der Waals surface area contributed by atoms with Gasteiger partial charge in [0.2, 0.25) is 5.91 Å². The van der Waals surface area contributed by atoms with E-state index in [1.807, 2.05) is 0 Å². The number of para-hydroxylation sites is 2. The van der Waals surface area contributed by atoms with Crippen molar-refractivity contribution >= 4 is 27.3 Å². The van der Waals surface area contributed by atoms with Gasteiger partial charge in [0.1, 0.15) is 5.75 Å². The lowest BCUT2D eigenvalue weighted by Gasteiger charge is -2.15. The number of amides is 1. The largest absolute Gasteiger partial charge is 0.495 e. The molecule has 144 valence electrons. The summed E-state index contributed by atoms with van der Waals surface area (Å²) in [6.45, 7) is 1.72. The van der Waals surface area contributed by atoms with Crippen molar-refractivity contribution in [1.82, 2.24) is 0 Å². The van der Waals surface area contributed by atoms with Crippen molar-refractivity contribution in [3.63, 3.8) is 0 Å². The van der Waals surface area contributed by atoms with Gasteiger partial charge in [0.15, 0.2) is 0 Å². The first-order valence-corrected chi connectivity index (χ1v) is 10.5. The van der Waals surface area contributed by atoms with E-state index in [0.717, 1.165) is 25.7 Å². The van der Waals surface area contributed by atoms with Crippen LogP contribution in [0.5, 0.6) is 5.75 Å². The number of benzene rings is 2. The second kappa shape index (κ2) is 8.00. The standard InChI is InChI=1S/C20H24N2O4S/c1-14-11-12-16(21-20(23)15-7-3-4-8-15)13-19(14)27(24,25)22-17-9-5-6-10-18(17)26-2/h5-6,9-13,15,22H,3-4,7-8H2,1-2H3,(H,21,23).